The summed E-state index contributed by atoms with van der Waals surface area (Å²) in [4.78, 5) is 17.8. The second-order valence-electron chi connectivity index (χ2n) is 5.75. The predicted molar refractivity (Wildman–Crippen MR) is 102 cm³/mol. The van der Waals surface area contributed by atoms with E-state index < -0.39 is 9.84 Å². The smallest absolute Gasteiger partial charge is 0.253 e. The van der Waals surface area contributed by atoms with Gasteiger partial charge in [-0.2, -0.15) is 0 Å². The molecule has 0 aromatic heterocycles. The van der Waals surface area contributed by atoms with E-state index in [2.05, 4.69) is 15.6 Å². The van der Waals surface area contributed by atoms with Crippen LogP contribution < -0.4 is 10.6 Å². The summed E-state index contributed by atoms with van der Waals surface area (Å²) < 4.78 is 23.0. The Balaban J connectivity index is 2.66. The molecule has 0 heterocycles. The minimum absolute atomic E-state index is 0.0396. The number of aliphatic imine (C=N–C) groups is 1. The lowest BCUT2D eigenvalue weighted by atomic mass is 10.1. The Morgan fingerprint density at radius 2 is 1.76 bits per heavy atom. The number of carbonyl (C=O) groups excluding carboxylic acids is 1. The largest absolute Gasteiger partial charge is 0.357 e. The van der Waals surface area contributed by atoms with Gasteiger partial charge < -0.3 is 15.5 Å². The SMILES string of the molecule is CCNC(=NCc1ccc(C(=O)N(C)C)cc1)NCCS(=O)(=O)CC. The van der Waals surface area contributed by atoms with Gasteiger partial charge in [-0.1, -0.05) is 19.1 Å². The van der Waals surface area contributed by atoms with Crippen molar-refractivity contribution in [1.29, 1.82) is 0 Å². The minimum Gasteiger partial charge on any atom is -0.357 e. The fourth-order valence-corrected chi connectivity index (χ4v) is 2.69. The van der Waals surface area contributed by atoms with Crippen LogP contribution in [-0.4, -0.2) is 63.9 Å². The van der Waals surface area contributed by atoms with Crippen molar-refractivity contribution in [2.75, 3.05) is 38.7 Å². The molecule has 0 saturated carbocycles. The first-order valence-electron chi connectivity index (χ1n) is 8.32. The third-order valence-electron chi connectivity index (χ3n) is 3.52. The van der Waals surface area contributed by atoms with Gasteiger partial charge in [0, 0.05) is 38.5 Å². The highest BCUT2D eigenvalue weighted by atomic mass is 32.2. The lowest BCUT2D eigenvalue weighted by molar-refractivity contribution is 0.0827. The van der Waals surface area contributed by atoms with E-state index in [9.17, 15) is 13.2 Å². The summed E-state index contributed by atoms with van der Waals surface area (Å²) in [5, 5.41) is 6.11. The Kier molecular flexibility index (Phi) is 8.40. The van der Waals surface area contributed by atoms with Gasteiger partial charge in [0.2, 0.25) is 0 Å². The Morgan fingerprint density at radius 1 is 1.12 bits per heavy atom. The molecule has 0 saturated heterocycles. The molecule has 25 heavy (non-hydrogen) atoms. The number of benzene rings is 1. The first-order chi connectivity index (χ1) is 11.8. The highest BCUT2D eigenvalue weighted by Gasteiger charge is 2.08. The molecule has 0 unspecified atom stereocenters. The van der Waals surface area contributed by atoms with E-state index in [1.807, 2.05) is 19.1 Å². The highest BCUT2D eigenvalue weighted by molar-refractivity contribution is 7.91. The Hall–Kier alpha value is -2.09. The zero-order valence-electron chi connectivity index (χ0n) is 15.4. The maximum Gasteiger partial charge on any atom is 0.253 e. The second-order valence-corrected chi connectivity index (χ2v) is 8.23. The van der Waals surface area contributed by atoms with Gasteiger partial charge in [0.15, 0.2) is 15.8 Å². The number of hydrogen-bond acceptors (Lipinski definition) is 4. The van der Waals surface area contributed by atoms with E-state index in [0.717, 1.165) is 5.56 Å². The van der Waals surface area contributed by atoms with Gasteiger partial charge in [-0.15, -0.1) is 0 Å². The van der Waals surface area contributed by atoms with E-state index in [1.165, 1.54) is 4.90 Å². The fourth-order valence-electron chi connectivity index (χ4n) is 1.99. The third kappa shape index (κ3) is 7.55. The van der Waals surface area contributed by atoms with E-state index in [4.69, 9.17) is 0 Å². The molecule has 0 bridgehead atoms. The van der Waals surface area contributed by atoms with Crippen LogP contribution in [-0.2, 0) is 16.4 Å². The van der Waals surface area contributed by atoms with Crippen molar-refractivity contribution < 1.29 is 13.2 Å². The fraction of sp³-hybridized carbons (Fsp3) is 0.529. The molecule has 7 nitrogen and oxygen atoms in total. The molecule has 1 aromatic carbocycles. The normalized spacial score (nSPS) is 11.9. The zero-order valence-corrected chi connectivity index (χ0v) is 16.2. The Bertz CT molecular complexity index is 682. The van der Waals surface area contributed by atoms with Crippen molar-refractivity contribution in [3.8, 4) is 0 Å². The standard InChI is InChI=1S/C17H28N4O3S/c1-5-18-17(19-11-12-25(23,24)6-2)20-13-14-7-9-15(10-8-14)16(22)21(3)4/h7-10H,5-6,11-13H2,1-4H3,(H2,18,19,20). The van der Waals surface area contributed by atoms with E-state index in [1.54, 1.807) is 33.2 Å². The summed E-state index contributed by atoms with van der Waals surface area (Å²) in [6.07, 6.45) is 0. The number of sulfone groups is 1. The van der Waals surface area contributed by atoms with E-state index in [0.29, 0.717) is 31.2 Å². The molecule has 0 aliphatic carbocycles. The molecule has 8 heteroatoms. The van der Waals surface area contributed by atoms with Crippen LogP contribution in [0.4, 0.5) is 0 Å². The first kappa shape index (κ1) is 21.0. The first-order valence-corrected chi connectivity index (χ1v) is 10.1. The number of amides is 1. The van der Waals surface area contributed by atoms with Gasteiger partial charge in [0.1, 0.15) is 0 Å². The molecular weight excluding hydrogens is 340 g/mol. The summed E-state index contributed by atoms with van der Waals surface area (Å²) >= 11 is 0. The molecule has 0 aliphatic heterocycles. The van der Waals surface area contributed by atoms with Crippen LogP contribution in [0.1, 0.15) is 29.8 Å². The number of nitrogens with zero attached hydrogens (tertiary/aromatic N) is 2. The van der Waals surface area contributed by atoms with E-state index in [-0.39, 0.29) is 17.4 Å². The molecule has 2 N–H and O–H groups in total. The summed E-state index contributed by atoms with van der Waals surface area (Å²) in [6.45, 7) is 5.02. The summed E-state index contributed by atoms with van der Waals surface area (Å²) in [5.41, 5.74) is 1.60. The minimum atomic E-state index is -3.00. The van der Waals surface area contributed by atoms with Crippen LogP contribution in [0.2, 0.25) is 0 Å². The Labute approximate surface area is 150 Å². The van der Waals surface area contributed by atoms with Crippen LogP contribution in [0.3, 0.4) is 0 Å². The molecular formula is C17H28N4O3S. The molecule has 0 spiro atoms. The highest BCUT2D eigenvalue weighted by Crippen LogP contribution is 2.07. The van der Waals surface area contributed by atoms with Crippen LogP contribution in [0.5, 0.6) is 0 Å². The maximum absolute atomic E-state index is 11.9. The van der Waals surface area contributed by atoms with Gasteiger partial charge in [-0.05, 0) is 24.6 Å². The van der Waals surface area contributed by atoms with Gasteiger partial charge in [-0.3, -0.25) is 4.79 Å². The van der Waals surface area contributed by atoms with Gasteiger partial charge in [0.05, 0.1) is 12.3 Å². The monoisotopic (exact) mass is 368 g/mol. The number of carbonyl (C=O) groups is 1. The number of guanidine groups is 1. The molecule has 0 aliphatic rings. The summed E-state index contributed by atoms with van der Waals surface area (Å²) in [7, 11) is 0.433. The third-order valence-corrected chi connectivity index (χ3v) is 5.22. The van der Waals surface area contributed by atoms with Crippen LogP contribution in [0.15, 0.2) is 29.3 Å². The van der Waals surface area contributed by atoms with Crippen molar-refractivity contribution >= 4 is 21.7 Å². The van der Waals surface area contributed by atoms with Crippen LogP contribution in [0, 0.1) is 0 Å². The lowest BCUT2D eigenvalue weighted by Gasteiger charge is -2.12. The average Bonchev–Trinajstić information content (AvgIpc) is 2.59. The van der Waals surface area contributed by atoms with Gasteiger partial charge in [-0.25, -0.2) is 13.4 Å². The second kappa shape index (κ2) is 10.0. The topological polar surface area (TPSA) is 90.9 Å². The summed E-state index contributed by atoms with van der Waals surface area (Å²) in [5.74, 6) is 0.750. The number of nitrogens with one attached hydrogen (secondary N) is 2. The van der Waals surface area contributed by atoms with Crippen molar-refractivity contribution in [3.63, 3.8) is 0 Å². The molecule has 1 aromatic rings. The van der Waals surface area contributed by atoms with Crippen LogP contribution >= 0.6 is 0 Å². The van der Waals surface area contributed by atoms with Crippen molar-refractivity contribution in [2.24, 2.45) is 4.99 Å². The van der Waals surface area contributed by atoms with Gasteiger partial charge in [0.25, 0.3) is 5.91 Å². The lowest BCUT2D eigenvalue weighted by Crippen LogP contribution is -2.39. The Morgan fingerprint density at radius 3 is 2.28 bits per heavy atom. The molecule has 1 rings (SSSR count). The molecule has 1 amide bonds. The number of rotatable bonds is 8. The zero-order chi connectivity index (χ0) is 18.9. The molecule has 0 radical (unpaired) electrons. The average molecular weight is 369 g/mol. The van der Waals surface area contributed by atoms with Crippen LogP contribution in [0.25, 0.3) is 0 Å². The maximum atomic E-state index is 11.9. The van der Waals surface area contributed by atoms with Crippen molar-refractivity contribution in [3.05, 3.63) is 35.4 Å². The van der Waals surface area contributed by atoms with Gasteiger partial charge >= 0.3 is 0 Å². The van der Waals surface area contributed by atoms with Crippen molar-refractivity contribution in [1.82, 2.24) is 15.5 Å². The van der Waals surface area contributed by atoms with Crippen molar-refractivity contribution in [2.45, 2.75) is 20.4 Å². The molecule has 0 atom stereocenters. The summed E-state index contributed by atoms with van der Waals surface area (Å²) in [6, 6.07) is 7.29. The molecule has 0 fully saturated rings. The predicted octanol–water partition coefficient (Wildman–Crippen LogP) is 0.878. The molecule has 140 valence electrons. The van der Waals surface area contributed by atoms with E-state index >= 15 is 0 Å². The number of hydrogen-bond donors (Lipinski definition) is 2. The quantitative estimate of drug-likeness (QED) is 0.525.